The third kappa shape index (κ3) is 4.29. The molecule has 21 heavy (non-hydrogen) atoms. The van der Waals surface area contributed by atoms with Crippen LogP contribution in [-0.4, -0.2) is 38.8 Å². The van der Waals surface area contributed by atoms with E-state index < -0.39 is 27.9 Å². The second kappa shape index (κ2) is 5.85. The van der Waals surface area contributed by atoms with Gasteiger partial charge in [0.2, 0.25) is 6.10 Å². The summed E-state index contributed by atoms with van der Waals surface area (Å²) in [6, 6.07) is 6.06. The molecule has 0 bridgehead atoms. The van der Waals surface area contributed by atoms with E-state index >= 15 is 0 Å². The number of carbonyl (C=O) groups is 2. The Bertz CT molecular complexity index is 647. The van der Waals surface area contributed by atoms with E-state index in [2.05, 4.69) is 0 Å². The van der Waals surface area contributed by atoms with Crippen molar-refractivity contribution < 1.29 is 27.5 Å². The zero-order valence-electron chi connectivity index (χ0n) is 11.7. The molecule has 1 fully saturated rings. The molecular weight excluding hydrogens is 296 g/mol. The summed E-state index contributed by atoms with van der Waals surface area (Å²) in [4.78, 5) is 23.3. The van der Waals surface area contributed by atoms with Crippen LogP contribution in [0.25, 0.3) is 0 Å². The Labute approximate surface area is 123 Å². The number of ether oxygens (including phenoxy) is 2. The van der Waals surface area contributed by atoms with Crippen molar-refractivity contribution in [2.24, 2.45) is 0 Å². The lowest BCUT2D eigenvalue weighted by molar-refractivity contribution is -0.147. The molecule has 0 saturated carbocycles. The Morgan fingerprint density at radius 2 is 1.95 bits per heavy atom. The third-order valence-corrected chi connectivity index (χ3v) is 3.85. The van der Waals surface area contributed by atoms with Crippen molar-refractivity contribution in [1.29, 1.82) is 0 Å². The van der Waals surface area contributed by atoms with Crippen molar-refractivity contribution in [2.45, 2.75) is 31.3 Å². The fraction of sp³-hybridized carbons (Fsp3) is 0.429. The van der Waals surface area contributed by atoms with Crippen LogP contribution in [0.4, 0.5) is 0 Å². The summed E-state index contributed by atoms with van der Waals surface area (Å²) in [5.41, 5.74) is 0.850. The Morgan fingerprint density at radius 3 is 2.43 bits per heavy atom. The fourth-order valence-corrected chi connectivity index (χ4v) is 2.85. The molecule has 0 unspecified atom stereocenters. The maximum Gasteiger partial charge on any atom is 0.347 e. The minimum Gasteiger partial charge on any atom is -0.460 e. The van der Waals surface area contributed by atoms with Gasteiger partial charge in [0.25, 0.3) is 0 Å². The fourth-order valence-electron chi connectivity index (χ4n) is 2.05. The smallest absolute Gasteiger partial charge is 0.347 e. The van der Waals surface area contributed by atoms with Crippen LogP contribution >= 0.6 is 0 Å². The molecule has 114 valence electrons. The minimum atomic E-state index is -3.12. The van der Waals surface area contributed by atoms with Gasteiger partial charge in [0.05, 0.1) is 11.3 Å². The lowest BCUT2D eigenvalue weighted by atomic mass is 10.1. The molecule has 2 rings (SSSR count). The highest BCUT2D eigenvalue weighted by Gasteiger charge is 2.35. The SMILES string of the molecule is C[C@@H]1C[C@H](OC(=O)c2ccc(CS(C)(=O)=O)cc2)C(=O)O1. The first-order valence-corrected chi connectivity index (χ1v) is 8.49. The first-order chi connectivity index (χ1) is 9.74. The quantitative estimate of drug-likeness (QED) is 0.774. The Kier molecular flexibility index (Phi) is 4.32. The maximum atomic E-state index is 11.9. The van der Waals surface area contributed by atoms with E-state index in [0.29, 0.717) is 12.0 Å². The lowest BCUT2D eigenvalue weighted by Gasteiger charge is -2.08. The van der Waals surface area contributed by atoms with Crippen LogP contribution in [0.5, 0.6) is 0 Å². The number of rotatable bonds is 4. The predicted octanol–water partition coefficient (Wildman–Crippen LogP) is 1.09. The van der Waals surface area contributed by atoms with Crippen molar-refractivity contribution in [1.82, 2.24) is 0 Å². The molecule has 7 heteroatoms. The summed E-state index contributed by atoms with van der Waals surface area (Å²) in [7, 11) is -3.12. The molecular formula is C14H16O6S. The van der Waals surface area contributed by atoms with Gasteiger partial charge in [-0.3, -0.25) is 0 Å². The highest BCUT2D eigenvalue weighted by atomic mass is 32.2. The van der Waals surface area contributed by atoms with Crippen molar-refractivity contribution in [3.63, 3.8) is 0 Å². The third-order valence-electron chi connectivity index (χ3n) is 2.99. The van der Waals surface area contributed by atoms with E-state index in [1.807, 2.05) is 0 Å². The van der Waals surface area contributed by atoms with Gasteiger partial charge in [-0.2, -0.15) is 0 Å². The minimum absolute atomic E-state index is 0.0885. The lowest BCUT2D eigenvalue weighted by Crippen LogP contribution is -2.22. The zero-order chi connectivity index (χ0) is 15.6. The zero-order valence-corrected chi connectivity index (χ0v) is 12.6. The van der Waals surface area contributed by atoms with E-state index in [9.17, 15) is 18.0 Å². The number of carbonyl (C=O) groups excluding carboxylic acids is 2. The maximum absolute atomic E-state index is 11.9. The van der Waals surface area contributed by atoms with E-state index in [0.717, 1.165) is 6.26 Å². The Balaban J connectivity index is 2.02. The Hall–Kier alpha value is -1.89. The standard InChI is InChI=1S/C14H16O6S/c1-9-7-12(14(16)19-9)20-13(15)11-5-3-10(4-6-11)8-21(2,17)18/h3-6,9,12H,7-8H2,1-2H3/t9-,12+/m1/s1. The number of hydrogen-bond acceptors (Lipinski definition) is 6. The molecule has 1 aliphatic rings. The molecule has 2 atom stereocenters. The van der Waals surface area contributed by atoms with E-state index in [-0.39, 0.29) is 17.4 Å². The van der Waals surface area contributed by atoms with Crippen molar-refractivity contribution in [3.8, 4) is 0 Å². The molecule has 0 amide bonds. The van der Waals surface area contributed by atoms with Crippen LogP contribution in [0.15, 0.2) is 24.3 Å². The van der Waals surface area contributed by atoms with Gasteiger partial charge in [0.1, 0.15) is 6.10 Å². The average molecular weight is 312 g/mol. The van der Waals surface area contributed by atoms with Gasteiger partial charge < -0.3 is 9.47 Å². The second-order valence-corrected chi connectivity index (χ2v) is 7.28. The monoisotopic (exact) mass is 312 g/mol. The summed E-state index contributed by atoms with van der Waals surface area (Å²) in [6.07, 6.45) is 0.356. The van der Waals surface area contributed by atoms with Gasteiger partial charge in [0.15, 0.2) is 9.84 Å². The predicted molar refractivity (Wildman–Crippen MR) is 74.4 cm³/mol. The van der Waals surface area contributed by atoms with Crippen LogP contribution in [0.3, 0.4) is 0 Å². The van der Waals surface area contributed by atoms with Crippen LogP contribution in [0.1, 0.15) is 29.3 Å². The molecule has 6 nitrogen and oxygen atoms in total. The van der Waals surface area contributed by atoms with E-state index in [1.165, 1.54) is 12.1 Å². The number of hydrogen-bond donors (Lipinski definition) is 0. The van der Waals surface area contributed by atoms with Crippen LogP contribution < -0.4 is 0 Å². The molecule has 1 heterocycles. The van der Waals surface area contributed by atoms with Crippen molar-refractivity contribution >= 4 is 21.8 Å². The summed E-state index contributed by atoms with van der Waals surface area (Å²) >= 11 is 0. The molecule has 1 aromatic rings. The first-order valence-electron chi connectivity index (χ1n) is 6.43. The molecule has 0 aliphatic carbocycles. The first kappa shape index (κ1) is 15.5. The van der Waals surface area contributed by atoms with Gasteiger partial charge in [-0.1, -0.05) is 12.1 Å². The molecule has 0 radical (unpaired) electrons. The average Bonchev–Trinajstić information content (AvgIpc) is 2.66. The van der Waals surface area contributed by atoms with Gasteiger partial charge >= 0.3 is 11.9 Å². The number of esters is 2. The van der Waals surface area contributed by atoms with Crippen LogP contribution in [-0.2, 0) is 29.9 Å². The molecule has 0 spiro atoms. The van der Waals surface area contributed by atoms with Gasteiger partial charge in [-0.25, -0.2) is 18.0 Å². The molecule has 1 saturated heterocycles. The van der Waals surface area contributed by atoms with Gasteiger partial charge in [-0.05, 0) is 24.6 Å². The highest BCUT2D eigenvalue weighted by molar-refractivity contribution is 7.89. The van der Waals surface area contributed by atoms with Crippen molar-refractivity contribution in [3.05, 3.63) is 35.4 Å². The van der Waals surface area contributed by atoms with Crippen LogP contribution in [0.2, 0.25) is 0 Å². The highest BCUT2D eigenvalue weighted by Crippen LogP contribution is 2.19. The van der Waals surface area contributed by atoms with E-state index in [1.54, 1.807) is 19.1 Å². The summed E-state index contributed by atoms with van der Waals surface area (Å²) in [5, 5.41) is 0. The number of sulfone groups is 1. The summed E-state index contributed by atoms with van der Waals surface area (Å²) in [6.45, 7) is 1.73. The normalized spacial score (nSPS) is 21.9. The van der Waals surface area contributed by atoms with Crippen LogP contribution in [0, 0.1) is 0 Å². The second-order valence-electron chi connectivity index (χ2n) is 5.14. The topological polar surface area (TPSA) is 86.7 Å². The van der Waals surface area contributed by atoms with Gasteiger partial charge in [0, 0.05) is 12.7 Å². The molecule has 1 aromatic carbocycles. The number of cyclic esters (lactones) is 1. The largest absolute Gasteiger partial charge is 0.460 e. The van der Waals surface area contributed by atoms with Crippen molar-refractivity contribution in [2.75, 3.05) is 6.26 Å². The Morgan fingerprint density at radius 1 is 1.33 bits per heavy atom. The molecule has 1 aliphatic heterocycles. The molecule has 0 aromatic heterocycles. The number of benzene rings is 1. The summed E-state index contributed by atoms with van der Waals surface area (Å²) < 4.78 is 32.3. The molecule has 0 N–H and O–H groups in total. The van der Waals surface area contributed by atoms with E-state index in [4.69, 9.17) is 9.47 Å². The van der Waals surface area contributed by atoms with Gasteiger partial charge in [-0.15, -0.1) is 0 Å². The summed E-state index contributed by atoms with van der Waals surface area (Å²) in [5.74, 6) is -1.25.